The van der Waals surface area contributed by atoms with Gasteiger partial charge in [0.15, 0.2) is 0 Å². The van der Waals surface area contributed by atoms with Crippen molar-refractivity contribution in [3.63, 3.8) is 0 Å². The molecule has 1 aliphatic carbocycles. The van der Waals surface area contributed by atoms with Crippen LogP contribution in [0, 0.1) is 5.82 Å². The maximum atomic E-state index is 14.2. The van der Waals surface area contributed by atoms with Crippen LogP contribution in [-0.2, 0) is 4.79 Å². The Morgan fingerprint density at radius 3 is 2.75 bits per heavy atom. The summed E-state index contributed by atoms with van der Waals surface area (Å²) in [6, 6.07) is 4.06. The summed E-state index contributed by atoms with van der Waals surface area (Å²) in [4.78, 5) is 14.1. The monoisotopic (exact) mass is 296 g/mol. The van der Waals surface area contributed by atoms with E-state index in [1.54, 1.807) is 6.07 Å². The second-order valence-electron chi connectivity index (χ2n) is 5.70. The van der Waals surface area contributed by atoms with Crippen molar-refractivity contribution in [3.8, 4) is 0 Å². The van der Waals surface area contributed by atoms with E-state index < -0.39 is 6.04 Å². The van der Waals surface area contributed by atoms with Gasteiger partial charge < -0.3 is 10.6 Å². The molecule has 0 aromatic heterocycles. The summed E-state index contributed by atoms with van der Waals surface area (Å²) in [6.45, 7) is 0. The third-order valence-electron chi connectivity index (χ3n) is 4.14. The Morgan fingerprint density at radius 2 is 2.05 bits per heavy atom. The number of nitrogens with two attached hydrogens (primary N) is 1. The smallest absolute Gasteiger partial charge is 0.223 e. The molecular formula is C15H18ClFN2O. The Bertz CT molecular complexity index is 533. The zero-order valence-corrected chi connectivity index (χ0v) is 11.9. The summed E-state index contributed by atoms with van der Waals surface area (Å²) in [5.41, 5.74) is 6.70. The summed E-state index contributed by atoms with van der Waals surface area (Å²) >= 11 is 5.99. The number of amides is 1. The molecule has 1 saturated heterocycles. The maximum Gasteiger partial charge on any atom is 0.223 e. The Labute approximate surface area is 122 Å². The van der Waals surface area contributed by atoms with Gasteiger partial charge in [0.05, 0.1) is 6.04 Å². The fourth-order valence-electron chi connectivity index (χ4n) is 3.04. The molecule has 1 heterocycles. The van der Waals surface area contributed by atoms with Crippen molar-refractivity contribution >= 4 is 17.5 Å². The van der Waals surface area contributed by atoms with E-state index in [2.05, 4.69) is 0 Å². The van der Waals surface area contributed by atoms with Gasteiger partial charge in [0.1, 0.15) is 5.82 Å². The second kappa shape index (κ2) is 5.34. The molecule has 2 unspecified atom stereocenters. The summed E-state index contributed by atoms with van der Waals surface area (Å²) in [6.07, 6.45) is 3.96. The van der Waals surface area contributed by atoms with Crippen LogP contribution in [0.15, 0.2) is 18.2 Å². The lowest BCUT2D eigenvalue weighted by atomic mass is 9.95. The first-order valence-corrected chi connectivity index (χ1v) is 7.47. The molecule has 2 N–H and O–H groups in total. The third kappa shape index (κ3) is 2.54. The highest BCUT2D eigenvalue weighted by molar-refractivity contribution is 6.30. The molecule has 5 heteroatoms. The number of carbonyl (C=O) groups is 1. The van der Waals surface area contributed by atoms with Crippen LogP contribution in [0.5, 0.6) is 0 Å². The van der Waals surface area contributed by atoms with Crippen LogP contribution in [0.4, 0.5) is 4.39 Å². The first kappa shape index (κ1) is 13.8. The summed E-state index contributed by atoms with van der Waals surface area (Å²) in [5.74, 6) is -0.250. The standard InChI is InChI=1S/C15H18ClFN2O/c16-9-4-7-12(17)11(8-9)15-13(18)2-1-3-14(20)19(15)10-5-6-10/h4,7-8,10,13,15H,1-3,5-6,18H2. The summed E-state index contributed by atoms with van der Waals surface area (Å²) in [7, 11) is 0. The molecule has 1 aliphatic heterocycles. The van der Waals surface area contributed by atoms with Gasteiger partial charge in [0.2, 0.25) is 5.91 Å². The minimum atomic E-state index is -0.392. The molecule has 2 atom stereocenters. The summed E-state index contributed by atoms with van der Waals surface area (Å²) < 4.78 is 14.2. The van der Waals surface area contributed by atoms with E-state index in [0.29, 0.717) is 17.0 Å². The molecule has 1 amide bonds. The van der Waals surface area contributed by atoms with Crippen LogP contribution in [0.1, 0.15) is 43.7 Å². The van der Waals surface area contributed by atoms with Gasteiger partial charge in [-0.3, -0.25) is 4.79 Å². The molecule has 1 saturated carbocycles. The van der Waals surface area contributed by atoms with Crippen molar-refractivity contribution in [3.05, 3.63) is 34.6 Å². The summed E-state index contributed by atoms with van der Waals surface area (Å²) in [5, 5.41) is 0.473. The molecule has 1 aromatic rings. The average Bonchev–Trinajstić information content (AvgIpc) is 3.22. The SMILES string of the molecule is NC1CCCC(=O)N(C2CC2)C1c1cc(Cl)ccc1F. The van der Waals surface area contributed by atoms with Gasteiger partial charge in [-0.2, -0.15) is 0 Å². The maximum absolute atomic E-state index is 14.2. The van der Waals surface area contributed by atoms with Crippen LogP contribution >= 0.6 is 11.6 Å². The zero-order valence-electron chi connectivity index (χ0n) is 11.2. The number of nitrogens with zero attached hydrogens (tertiary/aromatic N) is 1. The average molecular weight is 297 g/mol. The highest BCUT2D eigenvalue weighted by Gasteiger charge is 2.42. The van der Waals surface area contributed by atoms with E-state index >= 15 is 0 Å². The minimum Gasteiger partial charge on any atom is -0.331 e. The molecular weight excluding hydrogens is 279 g/mol. The predicted octanol–water partition coefficient (Wildman–Crippen LogP) is 3.02. The molecule has 1 aromatic carbocycles. The van der Waals surface area contributed by atoms with E-state index in [1.807, 2.05) is 4.90 Å². The fraction of sp³-hybridized carbons (Fsp3) is 0.533. The largest absolute Gasteiger partial charge is 0.331 e. The molecule has 0 radical (unpaired) electrons. The highest BCUT2D eigenvalue weighted by Crippen LogP contribution is 2.40. The molecule has 20 heavy (non-hydrogen) atoms. The lowest BCUT2D eigenvalue weighted by molar-refractivity contribution is -0.134. The van der Waals surface area contributed by atoms with Crippen LogP contribution in [-0.4, -0.2) is 22.9 Å². The van der Waals surface area contributed by atoms with Crippen molar-refractivity contribution in [2.24, 2.45) is 5.73 Å². The molecule has 108 valence electrons. The van der Waals surface area contributed by atoms with Gasteiger partial charge in [-0.05, 0) is 43.9 Å². The molecule has 2 aliphatic rings. The number of likely N-dealkylation sites (tertiary alicyclic amines) is 1. The van der Waals surface area contributed by atoms with Crippen molar-refractivity contribution in [2.45, 2.75) is 50.2 Å². The minimum absolute atomic E-state index is 0.0878. The Hall–Kier alpha value is -1.13. The fourth-order valence-corrected chi connectivity index (χ4v) is 3.22. The Kier molecular flexibility index (Phi) is 3.69. The Balaban J connectivity index is 2.04. The lowest BCUT2D eigenvalue weighted by Gasteiger charge is -2.34. The first-order chi connectivity index (χ1) is 9.58. The molecule has 3 rings (SSSR count). The number of hydrogen-bond donors (Lipinski definition) is 1. The highest BCUT2D eigenvalue weighted by atomic mass is 35.5. The molecule has 0 spiro atoms. The van der Waals surface area contributed by atoms with Crippen molar-refractivity contribution in [2.75, 3.05) is 0 Å². The first-order valence-electron chi connectivity index (χ1n) is 7.09. The van der Waals surface area contributed by atoms with Crippen molar-refractivity contribution < 1.29 is 9.18 Å². The van der Waals surface area contributed by atoms with Crippen LogP contribution in [0.2, 0.25) is 5.02 Å². The van der Waals surface area contributed by atoms with Gasteiger partial charge in [0.25, 0.3) is 0 Å². The number of rotatable bonds is 2. The zero-order chi connectivity index (χ0) is 14.3. The van der Waals surface area contributed by atoms with E-state index in [0.717, 1.165) is 25.7 Å². The lowest BCUT2D eigenvalue weighted by Crippen LogP contribution is -2.43. The quantitative estimate of drug-likeness (QED) is 0.912. The van der Waals surface area contributed by atoms with Crippen LogP contribution in [0.3, 0.4) is 0 Å². The molecule has 0 bridgehead atoms. The van der Waals surface area contributed by atoms with E-state index in [-0.39, 0.29) is 23.8 Å². The third-order valence-corrected chi connectivity index (χ3v) is 4.37. The number of hydrogen-bond acceptors (Lipinski definition) is 2. The van der Waals surface area contributed by atoms with Gasteiger partial charge in [0, 0.05) is 29.1 Å². The van der Waals surface area contributed by atoms with Crippen molar-refractivity contribution in [1.29, 1.82) is 0 Å². The van der Waals surface area contributed by atoms with Crippen molar-refractivity contribution in [1.82, 2.24) is 4.90 Å². The van der Waals surface area contributed by atoms with Gasteiger partial charge in [-0.1, -0.05) is 11.6 Å². The second-order valence-corrected chi connectivity index (χ2v) is 6.14. The van der Waals surface area contributed by atoms with Gasteiger partial charge >= 0.3 is 0 Å². The number of halogens is 2. The van der Waals surface area contributed by atoms with Gasteiger partial charge in [-0.25, -0.2) is 4.39 Å². The molecule has 2 fully saturated rings. The number of carbonyl (C=O) groups excluding carboxylic acids is 1. The van der Waals surface area contributed by atoms with E-state index in [1.165, 1.54) is 12.1 Å². The normalized spacial score (nSPS) is 27.6. The Morgan fingerprint density at radius 1 is 1.30 bits per heavy atom. The predicted molar refractivity (Wildman–Crippen MR) is 75.8 cm³/mol. The van der Waals surface area contributed by atoms with Gasteiger partial charge in [-0.15, -0.1) is 0 Å². The van der Waals surface area contributed by atoms with Crippen LogP contribution in [0.25, 0.3) is 0 Å². The topological polar surface area (TPSA) is 46.3 Å². The van der Waals surface area contributed by atoms with Crippen LogP contribution < -0.4 is 5.73 Å². The van der Waals surface area contributed by atoms with E-state index in [9.17, 15) is 9.18 Å². The molecule has 3 nitrogen and oxygen atoms in total. The number of benzene rings is 1. The van der Waals surface area contributed by atoms with E-state index in [4.69, 9.17) is 17.3 Å².